The van der Waals surface area contributed by atoms with Crippen molar-refractivity contribution in [3.63, 3.8) is 0 Å². The molecule has 230 valence electrons. The van der Waals surface area contributed by atoms with Gasteiger partial charge < -0.3 is 19.7 Å². The number of fused-ring (bicyclic) bond motifs is 1. The molecule has 1 heterocycles. The van der Waals surface area contributed by atoms with Gasteiger partial charge >= 0.3 is 0 Å². The van der Waals surface area contributed by atoms with Crippen LogP contribution in [-0.4, -0.2) is 63.2 Å². The van der Waals surface area contributed by atoms with Crippen LogP contribution in [0.4, 0.5) is 5.69 Å². The number of sulfonamides is 1. The Morgan fingerprint density at radius 2 is 1.63 bits per heavy atom. The Labute approximate surface area is 254 Å². The quantitative estimate of drug-likeness (QED) is 0.271. The maximum Gasteiger partial charge on any atom is 0.244 e. The van der Waals surface area contributed by atoms with Crippen molar-refractivity contribution in [1.82, 2.24) is 10.2 Å². The molecular weight excluding hydrogens is 566 g/mol. The van der Waals surface area contributed by atoms with Gasteiger partial charge in [-0.25, -0.2) is 8.42 Å². The molecule has 0 spiro atoms. The van der Waals surface area contributed by atoms with Gasteiger partial charge in [0.1, 0.15) is 25.8 Å². The number of anilines is 1. The summed E-state index contributed by atoms with van der Waals surface area (Å²) in [5.41, 5.74) is 3.05. The van der Waals surface area contributed by atoms with Crippen LogP contribution in [0.15, 0.2) is 72.8 Å². The van der Waals surface area contributed by atoms with Gasteiger partial charge in [-0.15, -0.1) is 0 Å². The van der Waals surface area contributed by atoms with Gasteiger partial charge in [0, 0.05) is 25.6 Å². The highest BCUT2D eigenvalue weighted by atomic mass is 32.2. The number of unbranched alkanes of at least 4 members (excludes halogenated alkanes) is 1. The van der Waals surface area contributed by atoms with Gasteiger partial charge in [0.2, 0.25) is 21.8 Å². The van der Waals surface area contributed by atoms with Crippen LogP contribution in [0.5, 0.6) is 11.5 Å². The number of carbonyl (C=O) groups is 2. The highest BCUT2D eigenvalue weighted by molar-refractivity contribution is 7.92. The first-order valence-corrected chi connectivity index (χ1v) is 16.4. The minimum Gasteiger partial charge on any atom is -0.486 e. The fourth-order valence-corrected chi connectivity index (χ4v) is 6.03. The van der Waals surface area contributed by atoms with E-state index in [1.165, 1.54) is 11.8 Å². The van der Waals surface area contributed by atoms with Crippen LogP contribution < -0.4 is 19.1 Å². The van der Waals surface area contributed by atoms with Crippen LogP contribution in [0.1, 0.15) is 43.4 Å². The Hall–Kier alpha value is -4.05. The first kappa shape index (κ1) is 31.9. The summed E-state index contributed by atoms with van der Waals surface area (Å²) in [6.07, 6.45) is 2.00. The minimum absolute atomic E-state index is 0.139. The minimum atomic E-state index is -3.88. The van der Waals surface area contributed by atoms with E-state index in [0.29, 0.717) is 36.9 Å². The Kier molecular flexibility index (Phi) is 11.1. The molecule has 3 aromatic rings. The van der Waals surface area contributed by atoms with E-state index in [0.717, 1.165) is 33.8 Å². The molecule has 0 aliphatic carbocycles. The van der Waals surface area contributed by atoms with Crippen molar-refractivity contribution in [2.24, 2.45) is 0 Å². The number of nitrogens with zero attached hydrogens (tertiary/aromatic N) is 2. The monoisotopic (exact) mass is 607 g/mol. The summed E-state index contributed by atoms with van der Waals surface area (Å²) < 4.78 is 39.2. The summed E-state index contributed by atoms with van der Waals surface area (Å²) in [6, 6.07) is 21.3. The second kappa shape index (κ2) is 14.9. The largest absolute Gasteiger partial charge is 0.486 e. The molecule has 0 saturated carbocycles. The zero-order valence-electron chi connectivity index (χ0n) is 25.1. The van der Waals surface area contributed by atoms with Crippen molar-refractivity contribution in [3.05, 3.63) is 89.5 Å². The lowest BCUT2D eigenvalue weighted by Crippen LogP contribution is -2.53. The molecule has 4 rings (SSSR count). The summed E-state index contributed by atoms with van der Waals surface area (Å²) in [5, 5.41) is 3.00. The second-order valence-corrected chi connectivity index (χ2v) is 12.8. The summed E-state index contributed by atoms with van der Waals surface area (Å²) in [7, 11) is -3.88. The molecule has 9 nitrogen and oxygen atoms in total. The lowest BCUT2D eigenvalue weighted by molar-refractivity contribution is -0.140. The van der Waals surface area contributed by atoms with E-state index in [-0.39, 0.29) is 24.6 Å². The van der Waals surface area contributed by atoms with Crippen LogP contribution in [0, 0.1) is 6.92 Å². The number of ether oxygens (including phenoxy) is 2. The number of carbonyl (C=O) groups excluding carboxylic acids is 2. The number of amides is 2. The van der Waals surface area contributed by atoms with Gasteiger partial charge in [-0.2, -0.15) is 0 Å². The Balaban J connectivity index is 1.73. The van der Waals surface area contributed by atoms with Crippen molar-refractivity contribution < 1.29 is 27.5 Å². The fourth-order valence-electron chi connectivity index (χ4n) is 4.97. The van der Waals surface area contributed by atoms with E-state index in [2.05, 4.69) is 5.32 Å². The lowest BCUT2D eigenvalue weighted by atomic mass is 10.0. The number of hydrogen-bond donors (Lipinski definition) is 1. The van der Waals surface area contributed by atoms with Crippen molar-refractivity contribution in [1.29, 1.82) is 0 Å². The maximum atomic E-state index is 14.3. The highest BCUT2D eigenvalue weighted by Gasteiger charge is 2.34. The molecule has 3 aromatic carbocycles. The number of aryl methyl sites for hydroxylation is 1. The third-order valence-corrected chi connectivity index (χ3v) is 9.07. The molecular formula is C33H41N3O6S. The van der Waals surface area contributed by atoms with Crippen LogP contribution in [0.3, 0.4) is 0 Å². The first-order chi connectivity index (χ1) is 20.7. The normalized spacial score (nSPS) is 13.2. The van der Waals surface area contributed by atoms with Crippen LogP contribution in [-0.2, 0) is 32.6 Å². The number of hydrogen-bond acceptors (Lipinski definition) is 6. The second-order valence-electron chi connectivity index (χ2n) is 10.6. The smallest absolute Gasteiger partial charge is 0.244 e. The molecule has 1 N–H and O–H groups in total. The average molecular weight is 608 g/mol. The Morgan fingerprint density at radius 1 is 0.907 bits per heavy atom. The topological polar surface area (TPSA) is 105 Å². The van der Waals surface area contributed by atoms with Crippen LogP contribution in [0.25, 0.3) is 0 Å². The molecule has 1 atom stereocenters. The van der Waals surface area contributed by atoms with E-state index >= 15 is 0 Å². The Bertz CT molecular complexity index is 1500. The molecule has 10 heteroatoms. The molecule has 0 saturated heterocycles. The molecule has 0 unspecified atom stereocenters. The molecule has 2 amide bonds. The van der Waals surface area contributed by atoms with E-state index in [1.54, 1.807) is 18.2 Å². The summed E-state index contributed by atoms with van der Waals surface area (Å²) in [6.45, 7) is 6.44. The van der Waals surface area contributed by atoms with Gasteiger partial charge in [0.05, 0.1) is 11.4 Å². The van der Waals surface area contributed by atoms with Gasteiger partial charge in [-0.1, -0.05) is 73.5 Å². The van der Waals surface area contributed by atoms with Gasteiger partial charge in [0.25, 0.3) is 0 Å². The fraction of sp³-hybridized carbons (Fsp3) is 0.394. The van der Waals surface area contributed by atoms with Crippen molar-refractivity contribution in [2.75, 3.05) is 36.4 Å². The predicted octanol–water partition coefficient (Wildman–Crippen LogP) is 4.48. The van der Waals surface area contributed by atoms with Crippen molar-refractivity contribution in [2.45, 2.75) is 52.6 Å². The predicted molar refractivity (Wildman–Crippen MR) is 168 cm³/mol. The van der Waals surface area contributed by atoms with Crippen molar-refractivity contribution in [3.8, 4) is 11.5 Å². The molecule has 0 bridgehead atoms. The number of benzene rings is 3. The number of rotatable bonds is 14. The van der Waals surface area contributed by atoms with E-state index in [9.17, 15) is 18.0 Å². The first-order valence-electron chi connectivity index (χ1n) is 14.8. The molecule has 0 radical (unpaired) electrons. The van der Waals surface area contributed by atoms with Gasteiger partial charge in [-0.05, 0) is 43.5 Å². The zero-order valence-corrected chi connectivity index (χ0v) is 25.9. The van der Waals surface area contributed by atoms with E-state index in [1.807, 2.05) is 68.4 Å². The summed E-state index contributed by atoms with van der Waals surface area (Å²) in [4.78, 5) is 29.6. The van der Waals surface area contributed by atoms with Crippen LogP contribution >= 0.6 is 0 Å². The maximum absolute atomic E-state index is 14.3. The Morgan fingerprint density at radius 3 is 2.33 bits per heavy atom. The van der Waals surface area contributed by atoms with Gasteiger partial charge in [0.15, 0.2) is 11.5 Å². The van der Waals surface area contributed by atoms with Crippen LogP contribution in [0.2, 0.25) is 0 Å². The lowest BCUT2D eigenvalue weighted by Gasteiger charge is -2.34. The zero-order chi connectivity index (χ0) is 30.8. The average Bonchev–Trinajstić information content (AvgIpc) is 3.01. The van der Waals surface area contributed by atoms with Crippen molar-refractivity contribution >= 4 is 27.5 Å². The standard InChI is InChI=1S/C33H41N3O6S/c1-4-6-17-34-33(38)29(21-26-12-8-7-9-13-26)35(23-27-14-10-11-25(3)20-27)32(37)24-36(43(39,40)5-2)28-15-16-30-31(22-28)42-19-18-41-30/h7-16,20,22,29H,4-6,17-19,21,23-24H2,1-3H3,(H,34,38)/t29-/m1/s1. The highest BCUT2D eigenvalue weighted by Crippen LogP contribution is 2.35. The molecule has 43 heavy (non-hydrogen) atoms. The molecule has 1 aliphatic rings. The van der Waals surface area contributed by atoms with E-state index in [4.69, 9.17) is 9.47 Å². The van der Waals surface area contributed by atoms with Gasteiger partial charge in [-0.3, -0.25) is 13.9 Å². The third kappa shape index (κ3) is 8.50. The SMILES string of the molecule is CCCCNC(=O)[C@@H](Cc1ccccc1)N(Cc1cccc(C)c1)C(=O)CN(c1ccc2c(c1)OCCO2)S(=O)(=O)CC. The molecule has 0 fully saturated rings. The summed E-state index contributed by atoms with van der Waals surface area (Å²) >= 11 is 0. The third-order valence-electron chi connectivity index (χ3n) is 7.33. The molecule has 1 aliphatic heterocycles. The van der Waals surface area contributed by atoms with E-state index < -0.39 is 28.5 Å². The summed E-state index contributed by atoms with van der Waals surface area (Å²) in [5.74, 6) is -0.0378. The number of nitrogens with one attached hydrogen (secondary N) is 1. The molecule has 0 aromatic heterocycles.